The number of nitrogens with zero attached hydrogens (tertiary/aromatic N) is 5. The number of hydrogen-bond donors (Lipinski definition) is 3. The second-order valence-electron chi connectivity index (χ2n) is 11.2. The summed E-state index contributed by atoms with van der Waals surface area (Å²) in [6.07, 6.45) is 3.73. The Kier molecular flexibility index (Phi) is 7.24. The fraction of sp³-hybridized carbons (Fsp3) is 0.433. The van der Waals surface area contributed by atoms with Gasteiger partial charge in [-0.25, -0.2) is 9.97 Å². The number of aryl methyl sites for hydroxylation is 1. The number of piperidine rings is 1. The van der Waals surface area contributed by atoms with Crippen molar-refractivity contribution in [1.82, 2.24) is 19.9 Å². The number of methoxy groups -OCH3 is 1. The molecule has 3 N–H and O–H groups in total. The van der Waals surface area contributed by atoms with Gasteiger partial charge in [-0.1, -0.05) is 6.07 Å². The minimum atomic E-state index is -1.04. The van der Waals surface area contributed by atoms with E-state index in [0.717, 1.165) is 52.0 Å². The van der Waals surface area contributed by atoms with Gasteiger partial charge in [0, 0.05) is 30.9 Å². The SMILES string of the molecule is COc1cc(Nc2nc(Nc3cccc(C(C)(C)O)n3)c3c(C)csc3n2)ccc1N1CCC(N2CCC2)CC1. The van der Waals surface area contributed by atoms with Gasteiger partial charge in [-0.15, -0.1) is 11.3 Å². The van der Waals surface area contributed by atoms with Gasteiger partial charge < -0.3 is 30.3 Å². The molecule has 0 spiro atoms. The summed E-state index contributed by atoms with van der Waals surface area (Å²) in [6.45, 7) is 10.1. The lowest BCUT2D eigenvalue weighted by molar-refractivity contribution is 0.0740. The summed E-state index contributed by atoms with van der Waals surface area (Å²) in [5, 5.41) is 20.2. The van der Waals surface area contributed by atoms with Gasteiger partial charge in [0.2, 0.25) is 5.95 Å². The van der Waals surface area contributed by atoms with E-state index in [9.17, 15) is 5.11 Å². The van der Waals surface area contributed by atoms with Crippen LogP contribution in [0.5, 0.6) is 5.75 Å². The zero-order valence-electron chi connectivity index (χ0n) is 23.6. The summed E-state index contributed by atoms with van der Waals surface area (Å²) in [5.74, 6) is 2.60. The average molecular weight is 560 g/mol. The molecule has 6 rings (SSSR count). The molecule has 1 aromatic carbocycles. The summed E-state index contributed by atoms with van der Waals surface area (Å²) >= 11 is 1.58. The van der Waals surface area contributed by atoms with Crippen LogP contribution in [-0.2, 0) is 5.60 Å². The Hall–Kier alpha value is -3.47. The van der Waals surface area contributed by atoms with Gasteiger partial charge in [0.25, 0.3) is 0 Å². The molecule has 2 aliphatic rings. The molecular weight excluding hydrogens is 522 g/mol. The number of fused-ring (bicyclic) bond motifs is 1. The first-order chi connectivity index (χ1) is 19.3. The Balaban J connectivity index is 1.24. The van der Waals surface area contributed by atoms with Crippen molar-refractivity contribution in [3.8, 4) is 5.75 Å². The van der Waals surface area contributed by atoms with E-state index in [1.165, 1.54) is 32.4 Å². The van der Waals surface area contributed by atoms with E-state index >= 15 is 0 Å². The van der Waals surface area contributed by atoms with Crippen LogP contribution in [0.3, 0.4) is 0 Å². The highest BCUT2D eigenvalue weighted by Gasteiger charge is 2.29. The molecule has 4 aromatic rings. The molecular formula is C30H37N7O2S. The Morgan fingerprint density at radius 1 is 1.02 bits per heavy atom. The van der Waals surface area contributed by atoms with Crippen molar-refractivity contribution < 1.29 is 9.84 Å². The van der Waals surface area contributed by atoms with Crippen molar-refractivity contribution in [2.24, 2.45) is 0 Å². The average Bonchev–Trinajstić information content (AvgIpc) is 3.28. The number of hydrogen-bond acceptors (Lipinski definition) is 10. The van der Waals surface area contributed by atoms with Crippen LogP contribution in [-0.4, -0.2) is 64.3 Å². The number of ether oxygens (including phenoxy) is 1. The van der Waals surface area contributed by atoms with E-state index in [2.05, 4.69) is 49.9 Å². The lowest BCUT2D eigenvalue weighted by Crippen LogP contribution is -2.50. The van der Waals surface area contributed by atoms with Crippen LogP contribution in [0.25, 0.3) is 10.2 Å². The monoisotopic (exact) mass is 559 g/mol. The summed E-state index contributed by atoms with van der Waals surface area (Å²) in [6, 6.07) is 12.5. The highest BCUT2D eigenvalue weighted by Crippen LogP contribution is 2.36. The van der Waals surface area contributed by atoms with Gasteiger partial charge in [-0.05, 0) is 88.3 Å². The first kappa shape index (κ1) is 26.7. The summed E-state index contributed by atoms with van der Waals surface area (Å²) < 4.78 is 5.83. The smallest absolute Gasteiger partial charge is 0.230 e. The molecule has 3 aromatic heterocycles. The van der Waals surface area contributed by atoms with Gasteiger partial charge in [-0.3, -0.25) is 0 Å². The van der Waals surface area contributed by atoms with Crippen LogP contribution in [0.1, 0.15) is 44.4 Å². The number of likely N-dealkylation sites (tertiary alicyclic amines) is 1. The summed E-state index contributed by atoms with van der Waals surface area (Å²) in [4.78, 5) is 20.2. The molecule has 10 heteroatoms. The summed E-state index contributed by atoms with van der Waals surface area (Å²) in [7, 11) is 1.73. The fourth-order valence-corrected chi connectivity index (χ4v) is 6.44. The Morgan fingerprint density at radius 3 is 2.52 bits per heavy atom. The first-order valence-electron chi connectivity index (χ1n) is 14.0. The normalized spacial score (nSPS) is 16.7. The van der Waals surface area contributed by atoms with E-state index in [4.69, 9.17) is 14.7 Å². The standard InChI is InChI=1S/C30H37N7O2S/c1-19-18-40-28-26(19)27(33-25-8-5-7-24(32-25)30(2,3)38)34-29(35-28)31-20-9-10-22(23(17-20)39-4)37-15-11-21(12-16-37)36-13-6-14-36/h5,7-10,17-18,21,38H,6,11-16H2,1-4H3,(H2,31,32,33,34,35). The largest absolute Gasteiger partial charge is 0.495 e. The molecule has 0 radical (unpaired) electrons. The zero-order valence-corrected chi connectivity index (χ0v) is 24.4. The van der Waals surface area contributed by atoms with Crippen LogP contribution in [0, 0.1) is 6.92 Å². The molecule has 2 fully saturated rings. The van der Waals surface area contributed by atoms with Crippen molar-refractivity contribution in [1.29, 1.82) is 0 Å². The molecule has 2 aliphatic heterocycles. The number of anilines is 5. The third kappa shape index (κ3) is 5.43. The van der Waals surface area contributed by atoms with Crippen LogP contribution in [0.2, 0.25) is 0 Å². The third-order valence-electron chi connectivity index (χ3n) is 7.89. The second kappa shape index (κ2) is 10.8. The van der Waals surface area contributed by atoms with Crippen molar-refractivity contribution >= 4 is 50.5 Å². The van der Waals surface area contributed by atoms with E-state index in [1.54, 1.807) is 32.3 Å². The molecule has 0 amide bonds. The molecule has 0 bridgehead atoms. The lowest BCUT2D eigenvalue weighted by Gasteiger charge is -2.43. The minimum absolute atomic E-state index is 0.487. The van der Waals surface area contributed by atoms with Crippen molar-refractivity contribution in [3.05, 3.63) is 53.0 Å². The van der Waals surface area contributed by atoms with Gasteiger partial charge >= 0.3 is 0 Å². The lowest BCUT2D eigenvalue weighted by atomic mass is 9.99. The maximum absolute atomic E-state index is 10.4. The van der Waals surface area contributed by atoms with Crippen molar-refractivity contribution in [3.63, 3.8) is 0 Å². The summed E-state index contributed by atoms with van der Waals surface area (Å²) in [5.41, 5.74) is 2.62. The highest BCUT2D eigenvalue weighted by molar-refractivity contribution is 7.17. The van der Waals surface area contributed by atoms with E-state index < -0.39 is 5.60 Å². The molecule has 40 heavy (non-hydrogen) atoms. The molecule has 5 heterocycles. The highest BCUT2D eigenvalue weighted by atomic mass is 32.1. The van der Waals surface area contributed by atoms with Crippen molar-refractivity contribution in [2.45, 2.75) is 51.7 Å². The topological polar surface area (TPSA) is 98.7 Å². The molecule has 9 nitrogen and oxygen atoms in total. The molecule has 0 unspecified atom stereocenters. The van der Waals surface area contributed by atoms with Gasteiger partial charge in [-0.2, -0.15) is 4.98 Å². The molecule has 0 saturated carbocycles. The number of aliphatic hydroxyl groups is 1. The number of benzene rings is 1. The number of rotatable bonds is 8. The maximum atomic E-state index is 10.4. The van der Waals surface area contributed by atoms with E-state index in [1.807, 2.05) is 24.3 Å². The Labute approximate surface area is 239 Å². The van der Waals surface area contributed by atoms with Gasteiger partial charge in [0.1, 0.15) is 27.8 Å². The zero-order chi connectivity index (χ0) is 27.9. The number of aromatic nitrogens is 3. The molecule has 210 valence electrons. The van der Waals surface area contributed by atoms with Crippen LogP contribution in [0.4, 0.5) is 29.0 Å². The van der Waals surface area contributed by atoms with Crippen LogP contribution in [0.15, 0.2) is 41.8 Å². The fourth-order valence-electron chi connectivity index (χ4n) is 5.52. The predicted molar refractivity (Wildman–Crippen MR) is 163 cm³/mol. The number of pyridine rings is 1. The quantitative estimate of drug-likeness (QED) is 0.248. The van der Waals surface area contributed by atoms with Gasteiger partial charge in [0.05, 0.1) is 23.9 Å². The van der Waals surface area contributed by atoms with E-state index in [0.29, 0.717) is 23.3 Å². The molecule has 0 atom stereocenters. The molecule has 2 saturated heterocycles. The second-order valence-corrected chi connectivity index (χ2v) is 12.1. The number of nitrogens with one attached hydrogen (secondary N) is 2. The van der Waals surface area contributed by atoms with Crippen LogP contribution >= 0.6 is 11.3 Å². The number of thiophene rings is 1. The van der Waals surface area contributed by atoms with E-state index in [-0.39, 0.29) is 0 Å². The predicted octanol–water partition coefficient (Wildman–Crippen LogP) is 5.79. The third-order valence-corrected chi connectivity index (χ3v) is 8.88. The van der Waals surface area contributed by atoms with Crippen molar-refractivity contribution in [2.75, 3.05) is 48.8 Å². The Morgan fingerprint density at radius 2 is 1.82 bits per heavy atom. The molecule has 0 aliphatic carbocycles. The van der Waals surface area contributed by atoms with Gasteiger partial charge in [0.15, 0.2) is 0 Å². The maximum Gasteiger partial charge on any atom is 0.230 e. The minimum Gasteiger partial charge on any atom is -0.495 e. The first-order valence-corrected chi connectivity index (χ1v) is 14.8. The Bertz CT molecular complexity index is 1500. The van der Waals surface area contributed by atoms with Crippen LogP contribution < -0.4 is 20.3 Å².